The minimum absolute atomic E-state index is 0.00899. The fourth-order valence-corrected chi connectivity index (χ4v) is 4.69. The van der Waals surface area contributed by atoms with Gasteiger partial charge in [0, 0.05) is 17.2 Å². The maximum absolute atomic E-state index is 11.9. The SMILES string of the molecule is C=CCOC(=O)Nc1ccc([C@H]2O[C@@H](Cn3cnc4ccccc43)[C@@H](C)[C@@H](c3ccc(CO)cc3)O2)cc1. The molecule has 1 saturated heterocycles. The molecule has 5 rings (SSSR count). The molecular formula is C30H31N3O5. The number of nitrogens with one attached hydrogen (secondary N) is 1. The summed E-state index contributed by atoms with van der Waals surface area (Å²) >= 11 is 0. The molecule has 0 aliphatic carbocycles. The average molecular weight is 514 g/mol. The highest BCUT2D eigenvalue weighted by Crippen LogP contribution is 2.42. The van der Waals surface area contributed by atoms with Crippen LogP contribution in [0.1, 0.15) is 36.0 Å². The first-order valence-electron chi connectivity index (χ1n) is 12.6. The van der Waals surface area contributed by atoms with E-state index in [1.807, 2.05) is 60.9 Å². The molecule has 0 bridgehead atoms. The number of aliphatic hydroxyl groups is 1. The number of fused-ring (bicyclic) bond motifs is 1. The number of ether oxygens (including phenoxy) is 3. The molecule has 1 aliphatic heterocycles. The summed E-state index contributed by atoms with van der Waals surface area (Å²) in [6, 6.07) is 23.2. The summed E-state index contributed by atoms with van der Waals surface area (Å²) in [4.78, 5) is 16.4. The van der Waals surface area contributed by atoms with Crippen molar-refractivity contribution in [2.45, 2.75) is 38.6 Å². The maximum Gasteiger partial charge on any atom is 0.411 e. The van der Waals surface area contributed by atoms with Crippen LogP contribution in [-0.4, -0.2) is 33.5 Å². The molecule has 3 aromatic carbocycles. The smallest absolute Gasteiger partial charge is 0.411 e. The highest BCUT2D eigenvalue weighted by atomic mass is 16.7. The first-order chi connectivity index (χ1) is 18.6. The number of aromatic nitrogens is 2. The van der Waals surface area contributed by atoms with Gasteiger partial charge in [0.05, 0.1) is 42.7 Å². The molecule has 1 amide bonds. The van der Waals surface area contributed by atoms with Crippen molar-refractivity contribution in [3.63, 3.8) is 0 Å². The second-order valence-electron chi connectivity index (χ2n) is 9.34. The van der Waals surface area contributed by atoms with E-state index in [4.69, 9.17) is 14.2 Å². The number of imidazole rings is 1. The third-order valence-corrected chi connectivity index (χ3v) is 6.79. The predicted molar refractivity (Wildman–Crippen MR) is 144 cm³/mol. The molecule has 4 atom stereocenters. The van der Waals surface area contributed by atoms with Crippen molar-refractivity contribution in [2.24, 2.45) is 5.92 Å². The second-order valence-corrected chi connectivity index (χ2v) is 9.34. The van der Waals surface area contributed by atoms with Gasteiger partial charge in [-0.1, -0.05) is 68.1 Å². The highest BCUT2D eigenvalue weighted by Gasteiger charge is 2.38. The number of benzene rings is 3. The molecule has 2 N–H and O–H groups in total. The van der Waals surface area contributed by atoms with Gasteiger partial charge >= 0.3 is 6.09 Å². The van der Waals surface area contributed by atoms with Gasteiger partial charge in [0.15, 0.2) is 6.29 Å². The van der Waals surface area contributed by atoms with E-state index in [0.717, 1.165) is 27.7 Å². The number of amides is 1. The van der Waals surface area contributed by atoms with Gasteiger partial charge in [-0.3, -0.25) is 5.32 Å². The fourth-order valence-electron chi connectivity index (χ4n) is 4.69. The lowest BCUT2D eigenvalue weighted by Crippen LogP contribution is -2.39. The summed E-state index contributed by atoms with van der Waals surface area (Å²) in [7, 11) is 0. The van der Waals surface area contributed by atoms with Gasteiger partial charge in [0.25, 0.3) is 0 Å². The Morgan fingerprint density at radius 3 is 2.55 bits per heavy atom. The lowest BCUT2D eigenvalue weighted by Gasteiger charge is -2.41. The van der Waals surface area contributed by atoms with Crippen LogP contribution in [0.4, 0.5) is 10.5 Å². The van der Waals surface area contributed by atoms with Crippen molar-refractivity contribution >= 4 is 22.8 Å². The van der Waals surface area contributed by atoms with Crippen LogP contribution in [0.15, 0.2) is 91.8 Å². The van der Waals surface area contributed by atoms with Crippen LogP contribution in [0.2, 0.25) is 0 Å². The monoisotopic (exact) mass is 513 g/mol. The molecule has 8 heteroatoms. The van der Waals surface area contributed by atoms with Gasteiger partial charge in [-0.25, -0.2) is 9.78 Å². The minimum atomic E-state index is -0.615. The van der Waals surface area contributed by atoms with Crippen LogP contribution in [0, 0.1) is 5.92 Å². The van der Waals surface area contributed by atoms with Gasteiger partial charge in [-0.15, -0.1) is 0 Å². The number of hydrogen-bond acceptors (Lipinski definition) is 6. The quantitative estimate of drug-likeness (QED) is 0.291. The van der Waals surface area contributed by atoms with Gasteiger partial charge in [0.1, 0.15) is 6.61 Å². The largest absolute Gasteiger partial charge is 0.445 e. The molecule has 196 valence electrons. The topological polar surface area (TPSA) is 94.8 Å². The molecule has 0 unspecified atom stereocenters. The Morgan fingerprint density at radius 2 is 1.82 bits per heavy atom. The average Bonchev–Trinajstić information content (AvgIpc) is 3.36. The zero-order valence-corrected chi connectivity index (χ0v) is 21.2. The standard InChI is InChI=1S/C30H31N3O5/c1-3-16-36-30(35)32-24-14-12-23(13-15-24)29-37-27(17-33-19-31-25-6-4-5-7-26(25)33)20(2)28(38-29)22-10-8-21(18-34)9-11-22/h3-15,19-20,27-29,34H,1,16-18H2,2H3,(H,32,35)/t20-,27+,28+,29+/m1/s1. The number of para-hydroxylation sites is 2. The molecule has 1 aromatic heterocycles. The summed E-state index contributed by atoms with van der Waals surface area (Å²) in [5, 5.41) is 12.2. The van der Waals surface area contributed by atoms with E-state index >= 15 is 0 Å². The maximum atomic E-state index is 11.9. The van der Waals surface area contributed by atoms with E-state index in [2.05, 4.69) is 34.4 Å². The number of hydrogen-bond donors (Lipinski definition) is 2. The molecular weight excluding hydrogens is 482 g/mol. The zero-order chi connectivity index (χ0) is 26.5. The van der Waals surface area contributed by atoms with Crippen molar-refractivity contribution in [3.8, 4) is 0 Å². The van der Waals surface area contributed by atoms with Crippen molar-refractivity contribution in [3.05, 3.63) is 108 Å². The number of carbonyl (C=O) groups excluding carboxylic acids is 1. The van der Waals surface area contributed by atoms with E-state index in [-0.39, 0.29) is 31.3 Å². The first-order valence-corrected chi connectivity index (χ1v) is 12.6. The van der Waals surface area contributed by atoms with Crippen LogP contribution in [0.3, 0.4) is 0 Å². The van der Waals surface area contributed by atoms with Crippen molar-refractivity contribution in [1.29, 1.82) is 0 Å². The van der Waals surface area contributed by atoms with Gasteiger partial charge < -0.3 is 23.9 Å². The molecule has 0 radical (unpaired) electrons. The number of nitrogens with zero attached hydrogens (tertiary/aromatic N) is 2. The molecule has 1 aliphatic rings. The summed E-state index contributed by atoms with van der Waals surface area (Å²) in [6.45, 7) is 6.41. The van der Waals surface area contributed by atoms with E-state index < -0.39 is 12.4 Å². The third kappa shape index (κ3) is 5.62. The number of carbonyl (C=O) groups is 1. The summed E-state index contributed by atoms with van der Waals surface area (Å²) < 4.78 is 20.2. The Kier molecular flexibility index (Phi) is 7.83. The third-order valence-electron chi connectivity index (χ3n) is 6.79. The van der Waals surface area contributed by atoms with Crippen molar-refractivity contribution in [1.82, 2.24) is 9.55 Å². The number of aliphatic hydroxyl groups excluding tert-OH is 1. The fraction of sp³-hybridized carbons (Fsp3) is 0.267. The van der Waals surface area contributed by atoms with Gasteiger partial charge in [0.2, 0.25) is 0 Å². The Labute approximate surface area is 221 Å². The molecule has 38 heavy (non-hydrogen) atoms. The van der Waals surface area contributed by atoms with Crippen molar-refractivity contribution in [2.75, 3.05) is 11.9 Å². The van der Waals surface area contributed by atoms with E-state index in [9.17, 15) is 9.90 Å². The molecule has 0 saturated carbocycles. The normalized spacial score (nSPS) is 21.2. The summed E-state index contributed by atoms with van der Waals surface area (Å²) in [5.74, 6) is 0.0351. The molecule has 1 fully saturated rings. The van der Waals surface area contributed by atoms with E-state index in [0.29, 0.717) is 12.2 Å². The van der Waals surface area contributed by atoms with Crippen molar-refractivity contribution < 1.29 is 24.1 Å². The zero-order valence-electron chi connectivity index (χ0n) is 21.2. The molecule has 4 aromatic rings. The Hall–Kier alpha value is -3.98. The van der Waals surface area contributed by atoms with Crippen LogP contribution < -0.4 is 5.32 Å². The summed E-state index contributed by atoms with van der Waals surface area (Å²) in [6.07, 6.45) is 1.81. The summed E-state index contributed by atoms with van der Waals surface area (Å²) in [5.41, 5.74) is 5.29. The van der Waals surface area contributed by atoms with Gasteiger partial charge in [-0.05, 0) is 35.4 Å². The minimum Gasteiger partial charge on any atom is -0.445 e. The Balaban J connectivity index is 1.40. The lowest BCUT2D eigenvalue weighted by molar-refractivity contribution is -0.276. The highest BCUT2D eigenvalue weighted by molar-refractivity contribution is 5.84. The number of rotatable bonds is 8. The van der Waals surface area contributed by atoms with Gasteiger partial charge in [-0.2, -0.15) is 0 Å². The van der Waals surface area contributed by atoms with E-state index in [1.54, 1.807) is 12.1 Å². The Bertz CT molecular complexity index is 1380. The second kappa shape index (κ2) is 11.6. The lowest BCUT2D eigenvalue weighted by atomic mass is 9.90. The number of anilines is 1. The van der Waals surface area contributed by atoms with E-state index in [1.165, 1.54) is 6.08 Å². The van der Waals surface area contributed by atoms with Crippen LogP contribution >= 0.6 is 0 Å². The molecule has 8 nitrogen and oxygen atoms in total. The van der Waals surface area contributed by atoms with Crippen LogP contribution in [-0.2, 0) is 27.4 Å². The van der Waals surface area contributed by atoms with Crippen LogP contribution in [0.5, 0.6) is 0 Å². The predicted octanol–water partition coefficient (Wildman–Crippen LogP) is 5.75. The Morgan fingerprint density at radius 1 is 1.08 bits per heavy atom. The first kappa shape index (κ1) is 25.7. The molecule has 0 spiro atoms. The molecule has 2 heterocycles. The van der Waals surface area contributed by atoms with Crippen LogP contribution in [0.25, 0.3) is 11.0 Å².